The molecule has 0 saturated heterocycles. The van der Waals surface area contributed by atoms with Gasteiger partial charge in [-0.1, -0.05) is 42.5 Å². The SMILES string of the molecule is N#Cc1c(-n2c3ccccc3c3cc(-c4ncccn4)ccc32)cc(-c2c(C(F)(F)F)cccc2C(F)(F)F)cc1-n1c2ccccc2c2cc(-c3ncccn3)ccc21. The molecule has 0 fully saturated rings. The molecule has 13 heteroatoms. The van der Waals surface area contributed by atoms with Gasteiger partial charge in [0, 0.05) is 63.0 Å². The summed E-state index contributed by atoms with van der Waals surface area (Å²) in [5, 5.41) is 14.1. The van der Waals surface area contributed by atoms with Gasteiger partial charge >= 0.3 is 12.4 Å². The van der Waals surface area contributed by atoms with E-state index < -0.39 is 29.0 Å². The monoisotopic (exact) mass is 801 g/mol. The molecule has 0 amide bonds. The molecule has 0 bridgehead atoms. The number of fused-ring (bicyclic) bond motifs is 6. The molecule has 0 aliphatic rings. The molecule has 0 spiro atoms. The van der Waals surface area contributed by atoms with Crippen LogP contribution in [0, 0.1) is 11.3 Å². The number of nitriles is 1. The van der Waals surface area contributed by atoms with Crippen LogP contribution >= 0.6 is 0 Å². The summed E-state index contributed by atoms with van der Waals surface area (Å²) in [6.45, 7) is 0. The third-order valence-electron chi connectivity index (χ3n) is 10.6. The summed E-state index contributed by atoms with van der Waals surface area (Å²) >= 11 is 0. The van der Waals surface area contributed by atoms with E-state index in [2.05, 4.69) is 26.0 Å². The minimum absolute atomic E-state index is 0.00745. The molecule has 60 heavy (non-hydrogen) atoms. The van der Waals surface area contributed by atoms with Gasteiger partial charge in [-0.15, -0.1) is 0 Å². The maximum absolute atomic E-state index is 14.9. The van der Waals surface area contributed by atoms with Crippen molar-refractivity contribution in [1.29, 1.82) is 5.26 Å². The number of para-hydroxylation sites is 2. The van der Waals surface area contributed by atoms with E-state index in [1.807, 2.05) is 36.4 Å². The Hall–Kier alpha value is -7.85. The Morgan fingerprint density at radius 3 is 1.27 bits per heavy atom. The van der Waals surface area contributed by atoms with Gasteiger partial charge in [-0.2, -0.15) is 31.6 Å². The first-order chi connectivity index (χ1) is 29.0. The van der Waals surface area contributed by atoms with Crippen LogP contribution in [0.4, 0.5) is 26.3 Å². The standard InChI is InChI=1S/C47H25F6N7/c48-46(49,50)35-10-5-11-36(47(51,52)53)43(35)29-24-41(59-37-12-3-1-8-30(37)32-22-27(14-16-39(32)59)44-55-18-6-19-56-44)34(26-54)42(25-29)60-38-13-4-2-9-31(38)33-23-28(15-17-40(33)60)45-57-20-7-21-58-45/h1-25H. The zero-order chi connectivity index (χ0) is 41.3. The molecule has 10 aromatic rings. The Labute approximate surface area is 336 Å². The van der Waals surface area contributed by atoms with Gasteiger partial charge in [0.15, 0.2) is 11.6 Å². The third kappa shape index (κ3) is 5.83. The molecule has 0 atom stereocenters. The fourth-order valence-electron chi connectivity index (χ4n) is 8.20. The summed E-state index contributed by atoms with van der Waals surface area (Å²) in [6, 6.07) is 35.6. The topological polar surface area (TPSA) is 85.2 Å². The fraction of sp³-hybridized carbons (Fsp3) is 0.0426. The van der Waals surface area contributed by atoms with Crippen molar-refractivity contribution in [2.75, 3.05) is 0 Å². The molecule has 4 aromatic heterocycles. The van der Waals surface area contributed by atoms with E-state index in [1.165, 1.54) is 12.1 Å². The molecule has 0 aliphatic heterocycles. The van der Waals surface area contributed by atoms with Crippen LogP contribution in [-0.4, -0.2) is 29.1 Å². The molecule has 0 aliphatic carbocycles. The van der Waals surface area contributed by atoms with Crippen molar-refractivity contribution in [3.8, 4) is 51.3 Å². The number of alkyl halides is 6. The van der Waals surface area contributed by atoms with Gasteiger partial charge in [0.05, 0.1) is 44.6 Å². The summed E-state index contributed by atoms with van der Waals surface area (Å²) in [5.74, 6) is 0.907. The van der Waals surface area contributed by atoms with Crippen molar-refractivity contribution in [1.82, 2.24) is 29.1 Å². The number of hydrogen-bond acceptors (Lipinski definition) is 5. The number of nitrogens with zero attached hydrogens (tertiary/aromatic N) is 7. The van der Waals surface area contributed by atoms with E-state index in [0.29, 0.717) is 67.7 Å². The second kappa shape index (κ2) is 13.6. The maximum atomic E-state index is 14.9. The van der Waals surface area contributed by atoms with E-state index in [4.69, 9.17) is 0 Å². The summed E-state index contributed by atoms with van der Waals surface area (Å²) < 4.78 is 93.0. The van der Waals surface area contributed by atoms with Crippen LogP contribution < -0.4 is 0 Å². The normalized spacial score (nSPS) is 12.2. The zero-order valence-corrected chi connectivity index (χ0v) is 30.8. The number of benzene rings is 6. The lowest BCUT2D eigenvalue weighted by molar-refractivity contribution is -0.142. The van der Waals surface area contributed by atoms with Crippen molar-refractivity contribution in [3.63, 3.8) is 0 Å². The highest BCUT2D eigenvalue weighted by Gasteiger charge is 2.41. The van der Waals surface area contributed by atoms with Gasteiger partial charge in [-0.25, -0.2) is 19.9 Å². The number of rotatable bonds is 5. The quantitative estimate of drug-likeness (QED) is 0.162. The Kier molecular flexibility index (Phi) is 8.29. The van der Waals surface area contributed by atoms with Crippen LogP contribution in [0.15, 0.2) is 152 Å². The highest BCUT2D eigenvalue weighted by molar-refractivity contribution is 6.12. The smallest absolute Gasteiger partial charge is 0.308 e. The van der Waals surface area contributed by atoms with Crippen molar-refractivity contribution >= 4 is 43.6 Å². The number of halogens is 6. The molecule has 290 valence electrons. The fourth-order valence-corrected chi connectivity index (χ4v) is 8.20. The van der Waals surface area contributed by atoms with Gasteiger partial charge in [-0.3, -0.25) is 0 Å². The van der Waals surface area contributed by atoms with Gasteiger partial charge in [-0.05, 0) is 90.5 Å². The predicted molar refractivity (Wildman–Crippen MR) is 217 cm³/mol. The molecule has 10 rings (SSSR count). The molecule has 7 nitrogen and oxygen atoms in total. The number of hydrogen-bond donors (Lipinski definition) is 0. The lowest BCUT2D eigenvalue weighted by Crippen LogP contribution is -2.15. The Balaban J connectivity index is 1.36. The van der Waals surface area contributed by atoms with Crippen LogP contribution in [0.3, 0.4) is 0 Å². The van der Waals surface area contributed by atoms with Crippen LogP contribution in [0.1, 0.15) is 16.7 Å². The lowest BCUT2D eigenvalue weighted by Gasteiger charge is -2.22. The molecular formula is C47H25F6N7. The summed E-state index contributed by atoms with van der Waals surface area (Å²) in [6.07, 6.45) is -3.89. The molecule has 0 radical (unpaired) electrons. The first-order valence-corrected chi connectivity index (χ1v) is 18.5. The summed E-state index contributed by atoms with van der Waals surface area (Å²) in [7, 11) is 0. The zero-order valence-electron chi connectivity index (χ0n) is 30.8. The van der Waals surface area contributed by atoms with Crippen molar-refractivity contribution in [2.45, 2.75) is 12.4 Å². The second-order valence-electron chi connectivity index (χ2n) is 14.0. The number of aromatic nitrogens is 6. The molecule has 0 N–H and O–H groups in total. The average Bonchev–Trinajstić information content (AvgIpc) is 3.77. The van der Waals surface area contributed by atoms with Gasteiger partial charge < -0.3 is 9.13 Å². The van der Waals surface area contributed by atoms with Gasteiger partial charge in [0.2, 0.25) is 0 Å². The van der Waals surface area contributed by atoms with Crippen LogP contribution in [0.2, 0.25) is 0 Å². The highest BCUT2D eigenvalue weighted by atomic mass is 19.4. The van der Waals surface area contributed by atoms with Crippen LogP contribution in [0.5, 0.6) is 0 Å². The Morgan fingerprint density at radius 1 is 0.433 bits per heavy atom. The summed E-state index contributed by atoms with van der Waals surface area (Å²) in [4.78, 5) is 17.5. The van der Waals surface area contributed by atoms with Gasteiger partial charge in [0.25, 0.3) is 0 Å². The van der Waals surface area contributed by atoms with E-state index in [0.717, 1.165) is 16.8 Å². The van der Waals surface area contributed by atoms with E-state index >= 15 is 0 Å². The van der Waals surface area contributed by atoms with E-state index in [-0.39, 0.29) is 22.5 Å². The van der Waals surface area contributed by atoms with Crippen molar-refractivity contribution in [2.24, 2.45) is 0 Å². The van der Waals surface area contributed by atoms with Crippen molar-refractivity contribution in [3.05, 3.63) is 169 Å². The average molecular weight is 802 g/mol. The highest BCUT2D eigenvalue weighted by Crippen LogP contribution is 2.47. The molecule has 0 unspecified atom stereocenters. The Bertz CT molecular complexity index is 3150. The first kappa shape index (κ1) is 36.5. The molecular weight excluding hydrogens is 777 g/mol. The van der Waals surface area contributed by atoms with E-state index in [1.54, 1.807) is 94.6 Å². The van der Waals surface area contributed by atoms with Crippen LogP contribution in [-0.2, 0) is 12.4 Å². The molecule has 0 saturated carbocycles. The van der Waals surface area contributed by atoms with Gasteiger partial charge in [0.1, 0.15) is 11.6 Å². The minimum Gasteiger partial charge on any atom is -0.308 e. The first-order valence-electron chi connectivity index (χ1n) is 18.5. The largest absolute Gasteiger partial charge is 0.417 e. The lowest BCUT2D eigenvalue weighted by atomic mass is 9.91. The molecule has 6 aromatic carbocycles. The minimum atomic E-state index is -5.17. The predicted octanol–water partition coefficient (Wildman–Crippen LogP) is 12.4. The summed E-state index contributed by atoms with van der Waals surface area (Å²) in [5.41, 5.74) is -0.647. The third-order valence-corrected chi connectivity index (χ3v) is 10.6. The van der Waals surface area contributed by atoms with E-state index in [9.17, 15) is 31.6 Å². The van der Waals surface area contributed by atoms with Crippen molar-refractivity contribution < 1.29 is 26.3 Å². The molecule has 4 heterocycles. The maximum Gasteiger partial charge on any atom is 0.417 e. The Morgan fingerprint density at radius 2 is 0.850 bits per heavy atom. The van der Waals surface area contributed by atoms with Crippen LogP contribution in [0.25, 0.3) is 88.9 Å². The second-order valence-corrected chi connectivity index (χ2v) is 14.0.